The van der Waals surface area contributed by atoms with Gasteiger partial charge in [-0.15, -0.1) is 0 Å². The molecule has 0 bridgehead atoms. The summed E-state index contributed by atoms with van der Waals surface area (Å²) in [7, 11) is 6.25. The van der Waals surface area contributed by atoms with E-state index in [1.165, 1.54) is 46.8 Å². The normalized spacial score (nSPS) is 37.6. The van der Waals surface area contributed by atoms with E-state index in [9.17, 15) is 24.6 Å². The average molecular weight is 1210 g/mol. The number of aliphatic hydroxyl groups is 2. The number of aromatic nitrogens is 2. The number of methoxy groups -OCH3 is 2. The van der Waals surface area contributed by atoms with E-state index >= 15 is 9.59 Å². The van der Waals surface area contributed by atoms with Crippen molar-refractivity contribution in [2.75, 3.05) is 48.1 Å². The van der Waals surface area contributed by atoms with Crippen molar-refractivity contribution in [3.8, 4) is 0 Å². The average Bonchev–Trinajstić information content (AvgIpc) is 3.40. The van der Waals surface area contributed by atoms with E-state index in [-0.39, 0.29) is 61.9 Å². The number of nitrogens with one attached hydrogen (secondary N) is 2. The first-order valence-corrected chi connectivity index (χ1v) is 30.0. The summed E-state index contributed by atoms with van der Waals surface area (Å²) in [6, 6.07) is -0.0168. The number of rotatable bonds is 19. The van der Waals surface area contributed by atoms with Crippen LogP contribution in [0.2, 0.25) is 0 Å². The first-order valence-electron chi connectivity index (χ1n) is 30.0. The number of Topliss-reactive ketones (excluding diaryl/α,β-unsaturated/α-hetero) is 1. The molecule has 5 heterocycles. The Kier molecular flexibility index (Phi) is 26.5. The highest BCUT2D eigenvalue weighted by Crippen LogP contribution is 2.41. The highest BCUT2D eigenvalue weighted by molar-refractivity contribution is 5.93. The van der Waals surface area contributed by atoms with Gasteiger partial charge in [-0.3, -0.25) is 24.2 Å². The number of oxime groups is 1. The molecule has 0 radical (unpaired) electrons. The van der Waals surface area contributed by atoms with Crippen molar-refractivity contribution in [1.29, 1.82) is 0 Å². The highest BCUT2D eigenvalue weighted by atomic mass is 16.7. The van der Waals surface area contributed by atoms with Gasteiger partial charge in [-0.1, -0.05) is 53.6 Å². The zero-order chi connectivity index (χ0) is 63.4. The minimum atomic E-state index is -2.08. The molecule has 4 aliphatic heterocycles. The van der Waals surface area contributed by atoms with Crippen molar-refractivity contribution >= 4 is 35.4 Å². The van der Waals surface area contributed by atoms with Gasteiger partial charge in [-0.25, -0.2) is 9.78 Å². The highest BCUT2D eigenvalue weighted by Gasteiger charge is 2.53. The van der Waals surface area contributed by atoms with Crippen LogP contribution in [0.4, 0.5) is 4.79 Å². The third-order valence-corrected chi connectivity index (χ3v) is 16.9. The van der Waals surface area contributed by atoms with Crippen LogP contribution in [0, 0.1) is 41.4 Å². The predicted molar refractivity (Wildman–Crippen MR) is 308 cm³/mol. The number of esters is 2. The Bertz CT molecular complexity index is 2350. The molecule has 85 heavy (non-hydrogen) atoms. The fourth-order valence-corrected chi connectivity index (χ4v) is 12.1. The molecule has 2 amide bonds. The molecule has 1 aromatic heterocycles. The van der Waals surface area contributed by atoms with Gasteiger partial charge in [-0.05, 0) is 80.7 Å². The van der Waals surface area contributed by atoms with Gasteiger partial charge in [0.1, 0.15) is 49.4 Å². The van der Waals surface area contributed by atoms with Crippen molar-refractivity contribution in [3.05, 3.63) is 24.3 Å². The van der Waals surface area contributed by atoms with Crippen LogP contribution in [0.25, 0.3) is 0 Å². The fraction of sp³-hybridized carbons (Fsp3) is 0.833. The summed E-state index contributed by atoms with van der Waals surface area (Å²) in [6.45, 7) is 26.7. The number of alkyl carbamates (subject to hydrolysis) is 1. The molecular weight excluding hydrogens is 1110 g/mol. The number of hydrogen-bond donors (Lipinski definition) is 4. The van der Waals surface area contributed by atoms with Gasteiger partial charge in [0, 0.05) is 82.8 Å². The molecule has 22 atom stereocenters. The maximum absolute atomic E-state index is 16.0. The second kappa shape index (κ2) is 31.6. The Morgan fingerprint density at radius 2 is 1.54 bits per heavy atom. The van der Waals surface area contributed by atoms with Crippen LogP contribution in [-0.2, 0) is 71.3 Å². The first-order chi connectivity index (χ1) is 39.8. The SMILES string of the molecule is CON=C1C[C@@H](C)O[C@@H](O[C@@H]2[C@@H](C)[C@H](O[C@H]3CC(C)N(C)CC(C)O3)[C@@H](C)C(=O)O[C@H]([C@@H](C)CO[C@@H]3O[C@H](C)[C@@H](O)[C@@H](OC)[C@H]3OC)[C@H](C)[C@@H](OC(=O)CC(C)C)[C@@H](C)C(=O)[C@@](C)(OC(=O)NC(C)(C)CNC(=O)c3cnccn3)C[C@@H]2C)[C@@H]1O. The Hall–Kier alpha value is -4.54. The number of nitrogens with zero attached hydrogens (tertiary/aromatic N) is 4. The predicted octanol–water partition coefficient (Wildman–Crippen LogP) is 5.01. The van der Waals surface area contributed by atoms with E-state index in [1.54, 1.807) is 62.3 Å². The molecule has 0 aromatic carbocycles. The number of ketones is 1. The Morgan fingerprint density at radius 1 is 0.859 bits per heavy atom. The van der Waals surface area contributed by atoms with Gasteiger partial charge >= 0.3 is 18.0 Å². The lowest BCUT2D eigenvalue weighted by molar-refractivity contribution is -0.305. The summed E-state index contributed by atoms with van der Waals surface area (Å²) >= 11 is 0. The molecule has 0 saturated carbocycles. The van der Waals surface area contributed by atoms with Gasteiger partial charge in [0.05, 0.1) is 66.4 Å². The molecule has 4 fully saturated rings. The Morgan fingerprint density at radius 3 is 2.16 bits per heavy atom. The van der Waals surface area contributed by atoms with Crippen LogP contribution in [0.1, 0.15) is 140 Å². The summed E-state index contributed by atoms with van der Waals surface area (Å²) in [5.41, 5.74) is -2.94. The zero-order valence-electron chi connectivity index (χ0n) is 53.5. The Labute approximate surface area is 502 Å². The molecule has 1 aromatic rings. The second-order valence-corrected chi connectivity index (χ2v) is 25.4. The minimum absolute atomic E-state index is 0.0168. The number of cyclic esters (lactones) is 1. The summed E-state index contributed by atoms with van der Waals surface area (Å²) < 4.78 is 70.6. The largest absolute Gasteiger partial charge is 0.461 e. The molecule has 2 unspecified atom stereocenters. The van der Waals surface area contributed by atoms with Crippen LogP contribution in [0.15, 0.2) is 23.7 Å². The molecule has 4 N–H and O–H groups in total. The van der Waals surface area contributed by atoms with E-state index in [2.05, 4.69) is 37.6 Å². The van der Waals surface area contributed by atoms with Crippen LogP contribution in [-0.4, -0.2) is 212 Å². The summed E-state index contributed by atoms with van der Waals surface area (Å²) in [4.78, 5) is 88.6. The van der Waals surface area contributed by atoms with Gasteiger partial charge in [0.25, 0.3) is 5.91 Å². The number of carbonyl (C=O) groups excluding carboxylic acids is 5. The fourth-order valence-electron chi connectivity index (χ4n) is 12.1. The van der Waals surface area contributed by atoms with Crippen LogP contribution >= 0.6 is 0 Å². The second-order valence-electron chi connectivity index (χ2n) is 25.4. The Balaban J connectivity index is 1.70. The monoisotopic (exact) mass is 1210 g/mol. The molecule has 4 saturated heterocycles. The standard InChI is InChI=1S/C60H100N6O19/c1-30(2)22-43(67)81-49-37(9)48(32(4)28-77-57-52(75-18)51(74-17)45(68)40(12)80-57)83-55(72)39(11)50(82-44-23-33(5)66(16)27-35(7)78-44)36(8)47(84-56-46(69)41(65-76-19)24-34(6)79-56)31(3)25-60(15,53(70)38(49)10)85-58(73)64-59(13,14)29-63-54(71)42-26-61-20-21-62-42/h20-21,26,30-40,44-52,56-57,68-69H,22-25,27-29H2,1-19H3,(H,63,71)(H,64,73)/t31-,32-,33?,34+,35?,36+,37-,38+,39+,40+,44-,45+,46+,47-,48+,49+,50-,51+,52+,56-,57+,60-/m0/s1. The number of ether oxygens (including phenoxy) is 11. The van der Waals surface area contributed by atoms with Gasteiger partial charge in [-0.2, -0.15) is 0 Å². The molecule has 0 aliphatic carbocycles. The van der Waals surface area contributed by atoms with Crippen LogP contribution in [0.5, 0.6) is 0 Å². The lowest BCUT2D eigenvalue weighted by atomic mass is 9.74. The minimum Gasteiger partial charge on any atom is -0.461 e. The van der Waals surface area contributed by atoms with E-state index in [0.29, 0.717) is 13.0 Å². The molecule has 25 heteroatoms. The van der Waals surface area contributed by atoms with Crippen molar-refractivity contribution in [2.45, 2.75) is 233 Å². The van der Waals surface area contributed by atoms with E-state index in [1.807, 2.05) is 34.7 Å². The summed E-state index contributed by atoms with van der Waals surface area (Å²) in [5.74, 6) is -8.45. The number of aliphatic hydroxyl groups excluding tert-OH is 2. The van der Waals surface area contributed by atoms with E-state index in [4.69, 9.17) is 56.9 Å². The summed E-state index contributed by atoms with van der Waals surface area (Å²) in [6.07, 6.45) is -10.3. The smallest absolute Gasteiger partial charge is 0.408 e. The molecular formula is C60H100N6O19. The third kappa shape index (κ3) is 19.0. The van der Waals surface area contributed by atoms with Gasteiger partial charge in [0.15, 0.2) is 30.3 Å². The molecule has 5 rings (SSSR count). The molecule has 4 aliphatic rings. The van der Waals surface area contributed by atoms with E-state index < -0.39 is 156 Å². The van der Waals surface area contributed by atoms with E-state index in [0.717, 1.165) is 0 Å². The van der Waals surface area contributed by atoms with Crippen molar-refractivity contribution in [2.24, 2.45) is 46.6 Å². The van der Waals surface area contributed by atoms with Gasteiger partial charge in [0.2, 0.25) is 0 Å². The van der Waals surface area contributed by atoms with Crippen molar-refractivity contribution in [1.82, 2.24) is 25.5 Å². The van der Waals surface area contributed by atoms with Gasteiger partial charge < -0.3 is 82.7 Å². The van der Waals surface area contributed by atoms with Crippen LogP contribution in [0.3, 0.4) is 0 Å². The maximum Gasteiger partial charge on any atom is 0.408 e. The molecule has 484 valence electrons. The van der Waals surface area contributed by atoms with Crippen LogP contribution < -0.4 is 10.6 Å². The maximum atomic E-state index is 16.0. The third-order valence-electron chi connectivity index (χ3n) is 16.9. The first kappa shape index (κ1) is 71.2. The zero-order valence-corrected chi connectivity index (χ0v) is 53.5. The lowest BCUT2D eigenvalue weighted by Crippen LogP contribution is -2.59. The number of amides is 2. The molecule has 25 nitrogen and oxygen atoms in total. The number of hydrogen-bond acceptors (Lipinski definition) is 23. The molecule has 0 spiro atoms. The number of likely N-dealkylation sites (N-methyl/N-ethyl adjacent to an activating group) is 1. The number of carbonyl (C=O) groups is 5. The van der Waals surface area contributed by atoms with Crippen molar-refractivity contribution < 1.29 is 91.1 Å². The quantitative estimate of drug-likeness (QED) is 0.0804. The summed E-state index contributed by atoms with van der Waals surface area (Å²) in [5, 5.41) is 32.5. The topological polar surface area (TPSA) is 302 Å². The van der Waals surface area contributed by atoms with Crippen molar-refractivity contribution in [3.63, 3.8) is 0 Å². The lowest BCUT2D eigenvalue weighted by Gasteiger charge is -2.45.